The molecule has 0 aromatic carbocycles. The quantitative estimate of drug-likeness (QED) is 0.787. The Hall–Kier alpha value is -2.13. The number of carbonyl (C=O) groups is 1. The predicted octanol–water partition coefficient (Wildman–Crippen LogP) is 1.04. The van der Waals surface area contributed by atoms with Crippen molar-refractivity contribution < 1.29 is 9.90 Å². The fourth-order valence-corrected chi connectivity index (χ4v) is 1.67. The lowest BCUT2D eigenvalue weighted by atomic mass is 10.3. The highest BCUT2D eigenvalue weighted by molar-refractivity contribution is 6.34. The maximum atomic E-state index is 10.6. The number of aliphatic carboxylic acids is 1. The molecule has 1 N–H and O–H groups in total. The number of aromatic nitrogens is 3. The highest BCUT2D eigenvalue weighted by atomic mass is 35.5. The van der Waals surface area contributed by atoms with Crippen LogP contribution in [0.3, 0.4) is 0 Å². The van der Waals surface area contributed by atoms with Crippen molar-refractivity contribution in [2.24, 2.45) is 0 Å². The Bertz CT molecular complexity index is 614. The van der Waals surface area contributed by atoms with Crippen molar-refractivity contribution in [2.45, 2.75) is 6.54 Å². The van der Waals surface area contributed by atoms with Crippen LogP contribution in [0.15, 0.2) is 12.5 Å². The molecule has 0 aliphatic carbocycles. The normalized spacial score (nSPS) is 10.2. The summed E-state index contributed by atoms with van der Waals surface area (Å²) in [6, 6.07) is 1.93. The van der Waals surface area contributed by atoms with E-state index in [1.54, 1.807) is 0 Å². The van der Waals surface area contributed by atoms with E-state index >= 15 is 0 Å². The molecule has 0 fully saturated rings. The van der Waals surface area contributed by atoms with Gasteiger partial charge in [-0.25, -0.2) is 9.97 Å². The zero-order chi connectivity index (χ0) is 11.7. The monoisotopic (exact) mass is 236 g/mol. The van der Waals surface area contributed by atoms with Crippen LogP contribution < -0.4 is 0 Å². The van der Waals surface area contributed by atoms with Crippen molar-refractivity contribution >= 4 is 28.6 Å². The van der Waals surface area contributed by atoms with Gasteiger partial charge in [-0.2, -0.15) is 5.26 Å². The molecule has 6 nitrogen and oxygen atoms in total. The smallest absolute Gasteiger partial charge is 0.323 e. The van der Waals surface area contributed by atoms with Crippen molar-refractivity contribution in [2.75, 3.05) is 0 Å². The van der Waals surface area contributed by atoms with Gasteiger partial charge in [0.1, 0.15) is 29.7 Å². The second-order valence-electron chi connectivity index (χ2n) is 3.04. The Morgan fingerprint density at radius 3 is 3.00 bits per heavy atom. The third-order valence-electron chi connectivity index (χ3n) is 2.03. The van der Waals surface area contributed by atoms with Crippen LogP contribution in [0.4, 0.5) is 0 Å². The molecule has 0 saturated carbocycles. The lowest BCUT2D eigenvalue weighted by Crippen LogP contribution is -2.08. The summed E-state index contributed by atoms with van der Waals surface area (Å²) in [5, 5.41) is 18.1. The van der Waals surface area contributed by atoms with Crippen molar-refractivity contribution in [3.05, 3.63) is 23.2 Å². The molecule has 2 rings (SSSR count). The molecule has 2 heterocycles. The Morgan fingerprint density at radius 2 is 2.38 bits per heavy atom. The molecule has 7 heteroatoms. The number of carboxylic acids is 1. The van der Waals surface area contributed by atoms with Crippen LogP contribution in [-0.4, -0.2) is 25.6 Å². The summed E-state index contributed by atoms with van der Waals surface area (Å²) >= 11 is 5.83. The Balaban J connectivity index is 2.74. The van der Waals surface area contributed by atoms with E-state index < -0.39 is 5.97 Å². The van der Waals surface area contributed by atoms with Crippen molar-refractivity contribution in [3.8, 4) is 6.07 Å². The molecular weight excluding hydrogens is 232 g/mol. The van der Waals surface area contributed by atoms with Gasteiger partial charge in [0, 0.05) is 6.20 Å². The lowest BCUT2D eigenvalue weighted by Gasteiger charge is -1.99. The van der Waals surface area contributed by atoms with E-state index in [2.05, 4.69) is 9.97 Å². The van der Waals surface area contributed by atoms with Crippen LogP contribution in [0.5, 0.6) is 0 Å². The minimum atomic E-state index is -1.02. The molecule has 2 aromatic heterocycles. The number of nitriles is 1. The summed E-state index contributed by atoms with van der Waals surface area (Å²) in [7, 11) is 0. The highest BCUT2D eigenvalue weighted by Gasteiger charge is 2.14. The van der Waals surface area contributed by atoms with Gasteiger partial charge in [0.05, 0.1) is 10.9 Å². The maximum Gasteiger partial charge on any atom is 0.323 e. The SMILES string of the molecule is N#Cc1cn(CC(=O)O)c2ncnc(Cl)c12. The summed E-state index contributed by atoms with van der Waals surface area (Å²) in [5.41, 5.74) is 0.612. The standard InChI is InChI=1S/C9H5ClN4O2/c10-8-7-5(1-11)2-14(3-6(15)16)9(7)13-4-12-8/h2,4H,3H2,(H,15,16). The summed E-state index contributed by atoms with van der Waals surface area (Å²) in [4.78, 5) is 18.3. The van der Waals surface area contributed by atoms with Crippen LogP contribution in [-0.2, 0) is 11.3 Å². The average Bonchev–Trinajstić information content (AvgIpc) is 2.57. The second-order valence-corrected chi connectivity index (χ2v) is 3.40. The molecule has 0 radical (unpaired) electrons. The maximum absolute atomic E-state index is 10.6. The summed E-state index contributed by atoms with van der Waals surface area (Å²) in [6.45, 7) is -0.272. The Morgan fingerprint density at radius 1 is 1.62 bits per heavy atom. The molecule has 0 aliphatic rings. The van der Waals surface area contributed by atoms with Gasteiger partial charge in [0.25, 0.3) is 0 Å². The number of nitrogens with zero attached hydrogens (tertiary/aromatic N) is 4. The topological polar surface area (TPSA) is 91.8 Å². The Kier molecular flexibility index (Phi) is 2.46. The molecule has 16 heavy (non-hydrogen) atoms. The van der Waals surface area contributed by atoms with E-state index in [-0.39, 0.29) is 17.3 Å². The van der Waals surface area contributed by atoms with Crippen molar-refractivity contribution in [1.82, 2.24) is 14.5 Å². The zero-order valence-corrected chi connectivity index (χ0v) is 8.64. The molecule has 2 aromatic rings. The largest absolute Gasteiger partial charge is 0.480 e. The molecule has 0 unspecified atom stereocenters. The van der Waals surface area contributed by atoms with E-state index in [0.29, 0.717) is 11.0 Å². The van der Waals surface area contributed by atoms with Crippen LogP contribution in [0.2, 0.25) is 5.15 Å². The molecule has 0 saturated heterocycles. The predicted molar refractivity (Wildman–Crippen MR) is 54.9 cm³/mol. The van der Waals surface area contributed by atoms with Crippen LogP contribution >= 0.6 is 11.6 Å². The molecule has 0 atom stereocenters. The molecule has 80 valence electrons. The number of rotatable bonds is 2. The van der Waals surface area contributed by atoms with Gasteiger partial charge in [0.2, 0.25) is 0 Å². The molecular formula is C9H5ClN4O2. The van der Waals surface area contributed by atoms with Gasteiger partial charge in [-0.05, 0) is 0 Å². The number of fused-ring (bicyclic) bond motifs is 1. The van der Waals surface area contributed by atoms with Crippen LogP contribution in [0.1, 0.15) is 5.56 Å². The van der Waals surface area contributed by atoms with Gasteiger partial charge >= 0.3 is 5.97 Å². The molecule has 0 aliphatic heterocycles. The first-order valence-corrected chi connectivity index (χ1v) is 4.62. The summed E-state index contributed by atoms with van der Waals surface area (Å²) in [5.74, 6) is -1.02. The third kappa shape index (κ3) is 1.57. The first-order valence-electron chi connectivity index (χ1n) is 4.24. The number of hydrogen-bond acceptors (Lipinski definition) is 4. The summed E-state index contributed by atoms with van der Waals surface area (Å²) < 4.78 is 1.35. The first kappa shape index (κ1) is 10.4. The minimum absolute atomic E-state index is 0.144. The number of halogens is 1. The van der Waals surface area contributed by atoms with E-state index in [1.807, 2.05) is 6.07 Å². The third-order valence-corrected chi connectivity index (χ3v) is 2.32. The fraction of sp³-hybridized carbons (Fsp3) is 0.111. The van der Waals surface area contributed by atoms with Gasteiger partial charge < -0.3 is 9.67 Å². The van der Waals surface area contributed by atoms with Crippen molar-refractivity contribution in [1.29, 1.82) is 5.26 Å². The van der Waals surface area contributed by atoms with Crippen LogP contribution in [0, 0.1) is 11.3 Å². The van der Waals surface area contributed by atoms with E-state index in [0.717, 1.165) is 0 Å². The van der Waals surface area contributed by atoms with Gasteiger partial charge in [-0.15, -0.1) is 0 Å². The number of hydrogen-bond donors (Lipinski definition) is 1. The van der Waals surface area contributed by atoms with Gasteiger partial charge in [-0.3, -0.25) is 4.79 Å². The second kappa shape index (κ2) is 3.79. The van der Waals surface area contributed by atoms with Crippen molar-refractivity contribution in [3.63, 3.8) is 0 Å². The van der Waals surface area contributed by atoms with Gasteiger partial charge in [0.15, 0.2) is 0 Å². The van der Waals surface area contributed by atoms with E-state index in [4.69, 9.17) is 22.0 Å². The van der Waals surface area contributed by atoms with Crippen LogP contribution in [0.25, 0.3) is 11.0 Å². The molecule has 0 spiro atoms. The average molecular weight is 237 g/mol. The molecule has 0 amide bonds. The fourth-order valence-electron chi connectivity index (χ4n) is 1.44. The van der Waals surface area contributed by atoms with E-state index in [9.17, 15) is 4.79 Å². The van der Waals surface area contributed by atoms with Gasteiger partial charge in [-0.1, -0.05) is 11.6 Å². The number of carboxylic acid groups (broad SMARTS) is 1. The zero-order valence-electron chi connectivity index (χ0n) is 7.88. The molecule has 0 bridgehead atoms. The first-order chi connectivity index (χ1) is 7.63. The lowest BCUT2D eigenvalue weighted by molar-refractivity contribution is -0.137. The minimum Gasteiger partial charge on any atom is -0.480 e. The van der Waals surface area contributed by atoms with E-state index in [1.165, 1.54) is 17.1 Å². The highest BCUT2D eigenvalue weighted by Crippen LogP contribution is 2.24. The summed E-state index contributed by atoms with van der Waals surface area (Å²) in [6.07, 6.45) is 2.63. The Labute approximate surface area is 94.7 Å².